The Kier molecular flexibility index (Phi) is 4.53. The summed E-state index contributed by atoms with van der Waals surface area (Å²) < 4.78 is 0. The smallest absolute Gasteiger partial charge is 0.151 e. The van der Waals surface area contributed by atoms with E-state index < -0.39 is 0 Å². The Labute approximate surface area is 130 Å². The van der Waals surface area contributed by atoms with E-state index in [2.05, 4.69) is 34.2 Å². The van der Waals surface area contributed by atoms with E-state index in [0.29, 0.717) is 5.82 Å². The molecule has 0 aliphatic rings. The molecule has 0 radical (unpaired) electrons. The van der Waals surface area contributed by atoms with Crippen molar-refractivity contribution in [1.82, 2.24) is 4.98 Å². The molecule has 3 rings (SSSR count). The largest absolute Gasteiger partial charge is 0.237 e. The van der Waals surface area contributed by atoms with Crippen LogP contribution in [0.25, 0.3) is 5.57 Å². The Hall–Kier alpha value is -3.00. The quantitative estimate of drug-likeness (QED) is 0.624. The molecule has 0 spiro atoms. The number of rotatable bonds is 4. The molecule has 0 aliphatic carbocycles. The first-order chi connectivity index (χ1) is 10.9. The summed E-state index contributed by atoms with van der Waals surface area (Å²) >= 11 is 0. The van der Waals surface area contributed by atoms with Crippen molar-refractivity contribution < 1.29 is 0 Å². The fourth-order valence-corrected chi connectivity index (χ4v) is 2.21. The summed E-state index contributed by atoms with van der Waals surface area (Å²) in [7, 11) is 0. The summed E-state index contributed by atoms with van der Waals surface area (Å²) in [6.45, 7) is 0. The molecule has 22 heavy (non-hydrogen) atoms. The van der Waals surface area contributed by atoms with E-state index >= 15 is 0 Å². The molecule has 0 saturated heterocycles. The number of hydrogen-bond donors (Lipinski definition) is 0. The van der Waals surface area contributed by atoms with Gasteiger partial charge in [0.2, 0.25) is 0 Å². The lowest BCUT2D eigenvalue weighted by atomic mass is 9.98. The SMILES string of the molecule is C(/C=N/c1ccccn1)=C(c1ccccc1)c1ccccc1. The van der Waals surface area contributed by atoms with Crippen molar-refractivity contribution in [1.29, 1.82) is 0 Å². The molecule has 0 bridgehead atoms. The zero-order chi connectivity index (χ0) is 15.0. The van der Waals surface area contributed by atoms with Gasteiger partial charge in [0.25, 0.3) is 0 Å². The predicted octanol–water partition coefficient (Wildman–Crippen LogP) is 4.92. The van der Waals surface area contributed by atoms with Gasteiger partial charge >= 0.3 is 0 Å². The van der Waals surface area contributed by atoms with E-state index in [-0.39, 0.29) is 0 Å². The van der Waals surface area contributed by atoms with Crippen LogP contribution in [0, 0.1) is 0 Å². The molecule has 0 aliphatic heterocycles. The second kappa shape index (κ2) is 7.14. The first kappa shape index (κ1) is 14.0. The molecular weight excluding hydrogens is 268 g/mol. The number of allylic oxidation sites excluding steroid dienone is 1. The van der Waals surface area contributed by atoms with Crippen molar-refractivity contribution in [3.05, 3.63) is 102 Å². The van der Waals surface area contributed by atoms with Gasteiger partial charge in [0.1, 0.15) is 0 Å². The van der Waals surface area contributed by atoms with Gasteiger partial charge in [-0.2, -0.15) is 0 Å². The van der Waals surface area contributed by atoms with Crippen molar-refractivity contribution in [3.8, 4) is 0 Å². The minimum atomic E-state index is 0.708. The average Bonchev–Trinajstić information content (AvgIpc) is 2.61. The van der Waals surface area contributed by atoms with Crippen molar-refractivity contribution in [2.24, 2.45) is 4.99 Å². The molecule has 2 heteroatoms. The summed E-state index contributed by atoms with van der Waals surface area (Å²) in [4.78, 5) is 8.58. The Balaban J connectivity index is 1.96. The van der Waals surface area contributed by atoms with Crippen LogP contribution in [0.2, 0.25) is 0 Å². The zero-order valence-corrected chi connectivity index (χ0v) is 12.1. The third-order valence-electron chi connectivity index (χ3n) is 3.27. The molecule has 3 aromatic rings. The van der Waals surface area contributed by atoms with Crippen LogP contribution in [0.15, 0.2) is 96.1 Å². The third kappa shape index (κ3) is 3.55. The Morgan fingerprint density at radius 3 is 1.86 bits per heavy atom. The Bertz CT molecular complexity index is 719. The molecule has 1 aromatic heterocycles. The van der Waals surface area contributed by atoms with Crippen LogP contribution in [0.3, 0.4) is 0 Å². The number of benzene rings is 2. The monoisotopic (exact) mass is 284 g/mol. The van der Waals surface area contributed by atoms with Crippen LogP contribution >= 0.6 is 0 Å². The molecule has 0 amide bonds. The lowest BCUT2D eigenvalue weighted by Crippen LogP contribution is -1.88. The van der Waals surface area contributed by atoms with E-state index in [0.717, 1.165) is 5.57 Å². The van der Waals surface area contributed by atoms with E-state index in [1.165, 1.54) is 11.1 Å². The first-order valence-electron chi connectivity index (χ1n) is 7.20. The van der Waals surface area contributed by atoms with Crippen LogP contribution in [0.5, 0.6) is 0 Å². The van der Waals surface area contributed by atoms with Crippen molar-refractivity contribution in [2.45, 2.75) is 0 Å². The van der Waals surface area contributed by atoms with Gasteiger partial charge in [0.15, 0.2) is 5.82 Å². The molecule has 0 fully saturated rings. The van der Waals surface area contributed by atoms with Gasteiger partial charge in [-0.05, 0) is 34.9 Å². The number of pyridine rings is 1. The Morgan fingerprint density at radius 1 is 0.727 bits per heavy atom. The van der Waals surface area contributed by atoms with Crippen LogP contribution in [0.1, 0.15) is 11.1 Å². The maximum absolute atomic E-state index is 4.38. The van der Waals surface area contributed by atoms with Crippen molar-refractivity contribution in [2.75, 3.05) is 0 Å². The molecule has 0 saturated carbocycles. The number of aliphatic imine (C=N–C) groups is 1. The van der Waals surface area contributed by atoms with Crippen LogP contribution in [-0.2, 0) is 0 Å². The van der Waals surface area contributed by atoms with Crippen molar-refractivity contribution >= 4 is 17.6 Å². The van der Waals surface area contributed by atoms with E-state index in [1.807, 2.05) is 60.7 Å². The van der Waals surface area contributed by atoms with Gasteiger partial charge in [0.05, 0.1) is 0 Å². The zero-order valence-electron chi connectivity index (χ0n) is 12.1. The maximum atomic E-state index is 4.38. The highest BCUT2D eigenvalue weighted by molar-refractivity contribution is 5.92. The minimum Gasteiger partial charge on any atom is -0.237 e. The fraction of sp³-hybridized carbons (Fsp3) is 0. The van der Waals surface area contributed by atoms with E-state index in [9.17, 15) is 0 Å². The summed E-state index contributed by atoms with van der Waals surface area (Å²) in [6.07, 6.45) is 5.57. The second-order valence-electron chi connectivity index (χ2n) is 4.78. The van der Waals surface area contributed by atoms with E-state index in [1.54, 1.807) is 12.4 Å². The summed E-state index contributed by atoms with van der Waals surface area (Å²) in [5.41, 5.74) is 3.48. The molecule has 106 valence electrons. The van der Waals surface area contributed by atoms with Gasteiger partial charge in [-0.15, -0.1) is 0 Å². The van der Waals surface area contributed by atoms with Gasteiger partial charge in [-0.1, -0.05) is 66.7 Å². The molecule has 0 unspecified atom stereocenters. The maximum Gasteiger partial charge on any atom is 0.151 e. The van der Waals surface area contributed by atoms with Crippen LogP contribution in [0.4, 0.5) is 5.82 Å². The average molecular weight is 284 g/mol. The summed E-state index contributed by atoms with van der Waals surface area (Å²) in [5, 5.41) is 0. The molecule has 0 atom stereocenters. The molecule has 0 N–H and O–H groups in total. The topological polar surface area (TPSA) is 25.2 Å². The van der Waals surface area contributed by atoms with Gasteiger partial charge < -0.3 is 0 Å². The lowest BCUT2D eigenvalue weighted by Gasteiger charge is -2.07. The van der Waals surface area contributed by atoms with E-state index in [4.69, 9.17) is 0 Å². The highest BCUT2D eigenvalue weighted by atomic mass is 14.9. The van der Waals surface area contributed by atoms with Crippen LogP contribution < -0.4 is 0 Å². The van der Waals surface area contributed by atoms with Gasteiger partial charge in [-0.25, -0.2) is 9.98 Å². The molecular formula is C20H16N2. The third-order valence-corrected chi connectivity index (χ3v) is 3.27. The second-order valence-corrected chi connectivity index (χ2v) is 4.78. The summed E-state index contributed by atoms with van der Waals surface area (Å²) in [6, 6.07) is 26.3. The molecule has 2 nitrogen and oxygen atoms in total. The van der Waals surface area contributed by atoms with Crippen molar-refractivity contribution in [3.63, 3.8) is 0 Å². The Morgan fingerprint density at radius 2 is 1.32 bits per heavy atom. The van der Waals surface area contributed by atoms with Gasteiger partial charge in [0, 0.05) is 12.4 Å². The molecule has 1 heterocycles. The lowest BCUT2D eigenvalue weighted by molar-refractivity contribution is 1.28. The minimum absolute atomic E-state index is 0.708. The van der Waals surface area contributed by atoms with Gasteiger partial charge in [-0.3, -0.25) is 0 Å². The summed E-state index contributed by atoms with van der Waals surface area (Å²) in [5.74, 6) is 0.708. The standard InChI is InChI=1S/C20H16N2/c1-3-9-17(10-4-1)19(18-11-5-2-6-12-18)14-16-22-20-13-7-8-15-21-20/h1-16H/b22-16+. The number of aromatic nitrogens is 1. The van der Waals surface area contributed by atoms with Crippen LogP contribution in [-0.4, -0.2) is 11.2 Å². The highest BCUT2D eigenvalue weighted by Gasteiger charge is 2.02. The highest BCUT2D eigenvalue weighted by Crippen LogP contribution is 2.22. The predicted molar refractivity (Wildman–Crippen MR) is 92.4 cm³/mol. The molecule has 2 aromatic carbocycles. The number of hydrogen-bond acceptors (Lipinski definition) is 2. The fourth-order valence-electron chi connectivity index (χ4n) is 2.21. The number of nitrogens with zero attached hydrogens (tertiary/aromatic N) is 2. The first-order valence-corrected chi connectivity index (χ1v) is 7.20. The normalized spacial score (nSPS) is 10.5.